The summed E-state index contributed by atoms with van der Waals surface area (Å²) in [4.78, 5) is 22.8. The summed E-state index contributed by atoms with van der Waals surface area (Å²) in [6, 6.07) is 1.83. The van der Waals surface area contributed by atoms with Gasteiger partial charge >= 0.3 is 0 Å². The Bertz CT molecular complexity index is 900. The summed E-state index contributed by atoms with van der Waals surface area (Å²) in [7, 11) is 0. The molecular weight excluding hydrogens is 285 g/mol. The van der Waals surface area contributed by atoms with Crippen LogP contribution < -0.4 is 5.56 Å². The highest BCUT2D eigenvalue weighted by molar-refractivity contribution is 5.72. The molecule has 0 aliphatic heterocycles. The van der Waals surface area contributed by atoms with Gasteiger partial charge in [0.05, 0.1) is 11.9 Å². The molecule has 0 fully saturated rings. The SMILES string of the molecule is CCn1c(-c2ccc(F)c(F)c2F)nc2[nH]cnc2c1=O. The van der Waals surface area contributed by atoms with Gasteiger partial charge in [-0.3, -0.25) is 9.36 Å². The number of halogens is 3. The van der Waals surface area contributed by atoms with Crippen LogP contribution in [0.3, 0.4) is 0 Å². The van der Waals surface area contributed by atoms with E-state index in [9.17, 15) is 18.0 Å². The monoisotopic (exact) mass is 294 g/mol. The van der Waals surface area contributed by atoms with Crippen molar-refractivity contribution in [2.45, 2.75) is 13.5 Å². The van der Waals surface area contributed by atoms with E-state index in [2.05, 4.69) is 15.0 Å². The number of H-pyrrole nitrogens is 1. The average Bonchev–Trinajstić information content (AvgIpc) is 2.94. The topological polar surface area (TPSA) is 63.6 Å². The van der Waals surface area contributed by atoms with Crippen molar-refractivity contribution in [3.63, 3.8) is 0 Å². The number of fused-ring (bicyclic) bond motifs is 1. The van der Waals surface area contributed by atoms with Gasteiger partial charge in [0.2, 0.25) is 0 Å². The predicted molar refractivity (Wildman–Crippen MR) is 69.1 cm³/mol. The zero-order valence-electron chi connectivity index (χ0n) is 10.8. The van der Waals surface area contributed by atoms with Crippen LogP contribution in [0.15, 0.2) is 23.3 Å². The van der Waals surface area contributed by atoms with Crippen LogP contribution in [0.1, 0.15) is 6.92 Å². The minimum atomic E-state index is -1.60. The van der Waals surface area contributed by atoms with E-state index >= 15 is 0 Å². The summed E-state index contributed by atoms with van der Waals surface area (Å²) in [5.74, 6) is -4.38. The summed E-state index contributed by atoms with van der Waals surface area (Å²) < 4.78 is 41.5. The number of hydrogen-bond donors (Lipinski definition) is 1. The largest absolute Gasteiger partial charge is 0.329 e. The van der Waals surface area contributed by atoms with Crippen LogP contribution in [0.4, 0.5) is 13.2 Å². The van der Waals surface area contributed by atoms with E-state index in [0.717, 1.165) is 16.7 Å². The fourth-order valence-electron chi connectivity index (χ4n) is 2.12. The molecule has 0 aliphatic rings. The molecule has 2 aromatic heterocycles. The molecule has 0 atom stereocenters. The number of aromatic nitrogens is 4. The first kappa shape index (κ1) is 13.3. The zero-order valence-corrected chi connectivity index (χ0v) is 10.8. The summed E-state index contributed by atoms with van der Waals surface area (Å²) >= 11 is 0. The lowest BCUT2D eigenvalue weighted by Gasteiger charge is -2.11. The molecule has 2 heterocycles. The van der Waals surface area contributed by atoms with E-state index < -0.39 is 23.0 Å². The highest BCUT2D eigenvalue weighted by atomic mass is 19.2. The molecule has 0 spiro atoms. The summed E-state index contributed by atoms with van der Waals surface area (Å²) in [6.07, 6.45) is 1.28. The maximum absolute atomic E-state index is 13.9. The lowest BCUT2D eigenvalue weighted by Crippen LogP contribution is -2.23. The molecule has 1 N–H and O–H groups in total. The normalized spacial score (nSPS) is 11.2. The summed E-state index contributed by atoms with van der Waals surface area (Å²) in [6.45, 7) is 1.84. The van der Waals surface area contributed by atoms with Crippen LogP contribution in [0, 0.1) is 17.5 Å². The Morgan fingerprint density at radius 2 is 2.00 bits per heavy atom. The van der Waals surface area contributed by atoms with E-state index in [-0.39, 0.29) is 29.1 Å². The Kier molecular flexibility index (Phi) is 3.00. The minimum absolute atomic E-state index is 0.0874. The van der Waals surface area contributed by atoms with Crippen molar-refractivity contribution in [2.24, 2.45) is 0 Å². The molecule has 8 heteroatoms. The zero-order chi connectivity index (χ0) is 15.1. The Labute approximate surface area is 116 Å². The van der Waals surface area contributed by atoms with Crippen LogP contribution in [0.2, 0.25) is 0 Å². The second kappa shape index (κ2) is 4.72. The lowest BCUT2D eigenvalue weighted by atomic mass is 10.1. The first-order chi connectivity index (χ1) is 10.0. The minimum Gasteiger partial charge on any atom is -0.329 e. The predicted octanol–water partition coefficient (Wildman–Crippen LogP) is 2.22. The molecule has 1 aromatic carbocycles. The average molecular weight is 294 g/mol. The standard InChI is InChI=1S/C13H9F3N4O/c1-2-20-12(6-3-4-7(14)9(16)8(6)15)19-11-10(13(20)21)17-5-18-11/h3-5H,2H2,1H3,(H,17,18). The molecule has 108 valence electrons. The van der Waals surface area contributed by atoms with Gasteiger partial charge in [-0.05, 0) is 19.1 Å². The highest BCUT2D eigenvalue weighted by Crippen LogP contribution is 2.24. The molecule has 3 rings (SSSR count). The van der Waals surface area contributed by atoms with Crippen molar-refractivity contribution in [2.75, 3.05) is 0 Å². The molecule has 3 aromatic rings. The number of hydrogen-bond acceptors (Lipinski definition) is 3. The number of nitrogens with one attached hydrogen (secondary N) is 1. The van der Waals surface area contributed by atoms with Gasteiger partial charge in [0.15, 0.2) is 28.6 Å². The molecule has 5 nitrogen and oxygen atoms in total. The van der Waals surface area contributed by atoms with E-state index in [0.29, 0.717) is 0 Å². The van der Waals surface area contributed by atoms with Gasteiger partial charge < -0.3 is 4.98 Å². The van der Waals surface area contributed by atoms with Crippen LogP contribution in [0.5, 0.6) is 0 Å². The maximum Gasteiger partial charge on any atom is 0.281 e. The van der Waals surface area contributed by atoms with Crippen LogP contribution in [0.25, 0.3) is 22.6 Å². The fourth-order valence-corrected chi connectivity index (χ4v) is 2.12. The number of rotatable bonds is 2. The Morgan fingerprint density at radius 1 is 1.24 bits per heavy atom. The van der Waals surface area contributed by atoms with Crippen molar-refractivity contribution in [1.29, 1.82) is 0 Å². The van der Waals surface area contributed by atoms with Gasteiger partial charge in [-0.2, -0.15) is 0 Å². The third-order valence-electron chi connectivity index (χ3n) is 3.13. The Morgan fingerprint density at radius 3 is 2.71 bits per heavy atom. The van der Waals surface area contributed by atoms with Crippen molar-refractivity contribution in [1.82, 2.24) is 19.5 Å². The molecule has 21 heavy (non-hydrogen) atoms. The van der Waals surface area contributed by atoms with Crippen molar-refractivity contribution < 1.29 is 13.2 Å². The molecule has 0 saturated heterocycles. The second-order valence-electron chi connectivity index (χ2n) is 4.31. The quantitative estimate of drug-likeness (QED) is 0.737. The number of benzene rings is 1. The number of aromatic amines is 1. The first-order valence-corrected chi connectivity index (χ1v) is 6.12. The summed E-state index contributed by atoms with van der Waals surface area (Å²) in [5, 5.41) is 0. The third-order valence-corrected chi connectivity index (χ3v) is 3.13. The molecule has 0 bridgehead atoms. The molecule has 0 amide bonds. The molecule has 0 saturated carbocycles. The molecule has 0 aliphatic carbocycles. The van der Waals surface area contributed by atoms with Gasteiger partial charge in [0.1, 0.15) is 5.82 Å². The lowest BCUT2D eigenvalue weighted by molar-refractivity contribution is 0.448. The van der Waals surface area contributed by atoms with Crippen molar-refractivity contribution >= 4 is 11.2 Å². The number of imidazole rings is 1. The first-order valence-electron chi connectivity index (χ1n) is 6.12. The van der Waals surface area contributed by atoms with Crippen LogP contribution in [-0.4, -0.2) is 19.5 Å². The Balaban J connectivity index is 2.39. The Hall–Kier alpha value is -2.64. The van der Waals surface area contributed by atoms with Crippen molar-refractivity contribution in [3.8, 4) is 11.4 Å². The van der Waals surface area contributed by atoms with E-state index in [4.69, 9.17) is 0 Å². The second-order valence-corrected chi connectivity index (χ2v) is 4.31. The fraction of sp³-hybridized carbons (Fsp3) is 0.154. The third kappa shape index (κ3) is 1.91. The maximum atomic E-state index is 13.9. The van der Waals surface area contributed by atoms with E-state index in [1.165, 1.54) is 6.33 Å². The summed E-state index contributed by atoms with van der Waals surface area (Å²) in [5.41, 5.74) is -0.514. The highest BCUT2D eigenvalue weighted by Gasteiger charge is 2.20. The molecule has 0 unspecified atom stereocenters. The van der Waals surface area contributed by atoms with Gasteiger partial charge in [0.25, 0.3) is 5.56 Å². The van der Waals surface area contributed by atoms with E-state index in [1.54, 1.807) is 6.92 Å². The van der Waals surface area contributed by atoms with Gasteiger partial charge in [-0.15, -0.1) is 0 Å². The smallest absolute Gasteiger partial charge is 0.281 e. The van der Waals surface area contributed by atoms with Crippen LogP contribution in [-0.2, 0) is 6.54 Å². The van der Waals surface area contributed by atoms with E-state index in [1.807, 2.05) is 0 Å². The van der Waals surface area contributed by atoms with Gasteiger partial charge in [-0.1, -0.05) is 0 Å². The molecular formula is C13H9F3N4O. The van der Waals surface area contributed by atoms with Crippen LogP contribution >= 0.6 is 0 Å². The van der Waals surface area contributed by atoms with Gasteiger partial charge in [-0.25, -0.2) is 23.1 Å². The molecule has 0 radical (unpaired) electrons. The number of nitrogens with zero attached hydrogens (tertiary/aromatic N) is 3. The van der Waals surface area contributed by atoms with Crippen molar-refractivity contribution in [3.05, 3.63) is 46.3 Å². The van der Waals surface area contributed by atoms with Gasteiger partial charge in [0, 0.05) is 6.54 Å².